The zero-order valence-corrected chi connectivity index (χ0v) is 16.8. The number of hydrogen-bond acceptors (Lipinski definition) is 2. The second kappa shape index (κ2) is 12.6. The fourth-order valence-corrected chi connectivity index (χ4v) is 3.44. The van der Waals surface area contributed by atoms with Crippen LogP contribution < -0.4 is 0 Å². The van der Waals surface area contributed by atoms with E-state index in [2.05, 4.69) is 42.0 Å². The first kappa shape index (κ1) is 20.6. The molecule has 0 amide bonds. The molecular formula is C24H36N2. The van der Waals surface area contributed by atoms with Crippen LogP contribution in [0.3, 0.4) is 0 Å². The molecule has 0 aliphatic heterocycles. The lowest BCUT2D eigenvalue weighted by molar-refractivity contribution is 0.549. The molecule has 0 aliphatic carbocycles. The van der Waals surface area contributed by atoms with E-state index in [-0.39, 0.29) is 0 Å². The molecule has 142 valence electrons. The fraction of sp³-hybridized carbons (Fsp3) is 0.583. The summed E-state index contributed by atoms with van der Waals surface area (Å²) in [7, 11) is 0. The highest BCUT2D eigenvalue weighted by molar-refractivity contribution is 5.55. The zero-order chi connectivity index (χ0) is 18.5. The van der Waals surface area contributed by atoms with Gasteiger partial charge in [0.25, 0.3) is 0 Å². The van der Waals surface area contributed by atoms with E-state index in [0.717, 1.165) is 17.8 Å². The van der Waals surface area contributed by atoms with E-state index in [4.69, 9.17) is 0 Å². The summed E-state index contributed by atoms with van der Waals surface area (Å²) in [6.45, 7) is 4.38. The maximum absolute atomic E-state index is 4.49. The summed E-state index contributed by atoms with van der Waals surface area (Å²) in [4.78, 5) is 8.94. The van der Waals surface area contributed by atoms with Crippen molar-refractivity contribution in [3.8, 4) is 11.4 Å². The van der Waals surface area contributed by atoms with Gasteiger partial charge in [-0.15, -0.1) is 0 Å². The summed E-state index contributed by atoms with van der Waals surface area (Å²) in [6, 6.07) is 8.49. The van der Waals surface area contributed by atoms with E-state index in [9.17, 15) is 0 Å². The van der Waals surface area contributed by atoms with Crippen molar-refractivity contribution in [1.29, 1.82) is 0 Å². The SMILES string of the molecule is CCCCCCCCCCCCCc1ccnc(-c2cc(C)ccn2)c1. The Morgan fingerprint density at radius 3 is 1.81 bits per heavy atom. The van der Waals surface area contributed by atoms with E-state index >= 15 is 0 Å². The molecule has 2 rings (SSSR count). The Morgan fingerprint density at radius 2 is 1.19 bits per heavy atom. The van der Waals surface area contributed by atoms with Crippen LogP contribution in [0.1, 0.15) is 88.7 Å². The van der Waals surface area contributed by atoms with Crippen LogP contribution in [0.2, 0.25) is 0 Å². The molecule has 0 spiro atoms. The average Bonchev–Trinajstić information content (AvgIpc) is 2.66. The molecule has 0 bridgehead atoms. The summed E-state index contributed by atoms with van der Waals surface area (Å²) in [5, 5.41) is 0. The van der Waals surface area contributed by atoms with Crippen LogP contribution in [0.5, 0.6) is 0 Å². The highest BCUT2D eigenvalue weighted by Crippen LogP contribution is 2.18. The minimum Gasteiger partial charge on any atom is -0.255 e. The van der Waals surface area contributed by atoms with E-state index in [1.807, 2.05) is 18.5 Å². The lowest BCUT2D eigenvalue weighted by Crippen LogP contribution is -1.92. The van der Waals surface area contributed by atoms with Crippen molar-refractivity contribution < 1.29 is 0 Å². The minimum atomic E-state index is 0.978. The molecule has 0 N–H and O–H groups in total. The van der Waals surface area contributed by atoms with Crippen molar-refractivity contribution in [2.24, 2.45) is 0 Å². The number of rotatable bonds is 13. The topological polar surface area (TPSA) is 25.8 Å². The van der Waals surface area contributed by atoms with Crippen molar-refractivity contribution in [2.45, 2.75) is 90.9 Å². The summed E-state index contributed by atoms with van der Waals surface area (Å²) in [5.74, 6) is 0. The monoisotopic (exact) mass is 352 g/mol. The second-order valence-corrected chi connectivity index (χ2v) is 7.55. The Hall–Kier alpha value is -1.70. The van der Waals surface area contributed by atoms with Crippen molar-refractivity contribution >= 4 is 0 Å². The van der Waals surface area contributed by atoms with Gasteiger partial charge in [0.05, 0.1) is 11.4 Å². The molecule has 2 heterocycles. The maximum Gasteiger partial charge on any atom is 0.0888 e. The van der Waals surface area contributed by atoms with E-state index in [1.165, 1.54) is 81.8 Å². The fourth-order valence-electron chi connectivity index (χ4n) is 3.44. The van der Waals surface area contributed by atoms with Gasteiger partial charge in [-0.3, -0.25) is 9.97 Å². The molecule has 0 radical (unpaired) electrons. The van der Waals surface area contributed by atoms with E-state index in [0.29, 0.717) is 0 Å². The van der Waals surface area contributed by atoms with Crippen molar-refractivity contribution in [1.82, 2.24) is 9.97 Å². The Kier molecular flexibility index (Phi) is 10.0. The Balaban J connectivity index is 1.59. The summed E-state index contributed by atoms with van der Waals surface area (Å²) in [5.41, 5.74) is 4.59. The normalized spacial score (nSPS) is 11.0. The third kappa shape index (κ3) is 8.12. The highest BCUT2D eigenvalue weighted by Gasteiger charge is 2.03. The summed E-state index contributed by atoms with van der Waals surface area (Å²) in [6.07, 6.45) is 20.3. The van der Waals surface area contributed by atoms with Crippen LogP contribution >= 0.6 is 0 Å². The quantitative estimate of drug-likeness (QED) is 0.353. The van der Waals surface area contributed by atoms with E-state index in [1.54, 1.807) is 0 Å². The molecule has 2 aromatic heterocycles. The zero-order valence-electron chi connectivity index (χ0n) is 16.8. The van der Waals surface area contributed by atoms with Gasteiger partial charge >= 0.3 is 0 Å². The number of pyridine rings is 2. The van der Waals surface area contributed by atoms with Crippen LogP contribution in [-0.2, 0) is 6.42 Å². The van der Waals surface area contributed by atoms with Gasteiger partial charge < -0.3 is 0 Å². The van der Waals surface area contributed by atoms with Crippen LogP contribution in [0.25, 0.3) is 11.4 Å². The van der Waals surface area contributed by atoms with Gasteiger partial charge in [-0.05, 0) is 55.2 Å². The van der Waals surface area contributed by atoms with Gasteiger partial charge in [-0.25, -0.2) is 0 Å². The molecule has 2 heteroatoms. The van der Waals surface area contributed by atoms with Gasteiger partial charge in [-0.2, -0.15) is 0 Å². The molecule has 0 saturated heterocycles. The molecule has 0 saturated carbocycles. The van der Waals surface area contributed by atoms with Crippen LogP contribution in [0.15, 0.2) is 36.7 Å². The number of unbranched alkanes of at least 4 members (excludes halogenated alkanes) is 10. The first-order valence-corrected chi connectivity index (χ1v) is 10.7. The van der Waals surface area contributed by atoms with Crippen molar-refractivity contribution in [3.05, 3.63) is 47.8 Å². The lowest BCUT2D eigenvalue weighted by Gasteiger charge is -2.06. The van der Waals surface area contributed by atoms with Crippen LogP contribution in [-0.4, -0.2) is 9.97 Å². The number of hydrogen-bond donors (Lipinski definition) is 0. The van der Waals surface area contributed by atoms with Crippen molar-refractivity contribution in [3.63, 3.8) is 0 Å². The Bertz CT molecular complexity index is 621. The minimum absolute atomic E-state index is 0.978. The first-order valence-electron chi connectivity index (χ1n) is 10.7. The highest BCUT2D eigenvalue weighted by atomic mass is 14.8. The molecule has 0 aromatic carbocycles. The van der Waals surface area contributed by atoms with E-state index < -0.39 is 0 Å². The molecule has 0 unspecified atom stereocenters. The largest absolute Gasteiger partial charge is 0.255 e. The number of aromatic nitrogens is 2. The van der Waals surface area contributed by atoms with Gasteiger partial charge in [0, 0.05) is 12.4 Å². The van der Waals surface area contributed by atoms with Crippen molar-refractivity contribution in [2.75, 3.05) is 0 Å². The first-order chi connectivity index (χ1) is 12.8. The molecule has 26 heavy (non-hydrogen) atoms. The molecule has 2 aromatic rings. The molecular weight excluding hydrogens is 316 g/mol. The van der Waals surface area contributed by atoms with Gasteiger partial charge in [-0.1, -0.05) is 71.1 Å². The predicted octanol–water partition coefficient (Wildman–Crippen LogP) is 7.31. The van der Waals surface area contributed by atoms with Gasteiger partial charge in [0.1, 0.15) is 0 Å². The predicted molar refractivity (Wildman–Crippen MR) is 112 cm³/mol. The molecule has 0 fully saturated rings. The molecule has 2 nitrogen and oxygen atoms in total. The number of aryl methyl sites for hydroxylation is 2. The standard InChI is InChI=1S/C24H36N2/c1-3-4-5-6-7-8-9-10-11-12-13-14-22-16-18-26-24(20-22)23-19-21(2)15-17-25-23/h15-20H,3-14H2,1-2H3. The third-order valence-corrected chi connectivity index (χ3v) is 5.07. The third-order valence-electron chi connectivity index (χ3n) is 5.07. The number of nitrogens with zero attached hydrogens (tertiary/aromatic N) is 2. The van der Waals surface area contributed by atoms with Crippen LogP contribution in [0, 0.1) is 6.92 Å². The Labute approximate surface area is 160 Å². The lowest BCUT2D eigenvalue weighted by atomic mass is 10.0. The van der Waals surface area contributed by atoms with Crippen LogP contribution in [0.4, 0.5) is 0 Å². The smallest absolute Gasteiger partial charge is 0.0888 e. The Morgan fingerprint density at radius 1 is 0.654 bits per heavy atom. The average molecular weight is 353 g/mol. The van der Waals surface area contributed by atoms with Gasteiger partial charge in [0.15, 0.2) is 0 Å². The molecule has 0 atom stereocenters. The second-order valence-electron chi connectivity index (χ2n) is 7.55. The van der Waals surface area contributed by atoms with Gasteiger partial charge in [0.2, 0.25) is 0 Å². The summed E-state index contributed by atoms with van der Waals surface area (Å²) < 4.78 is 0. The summed E-state index contributed by atoms with van der Waals surface area (Å²) >= 11 is 0. The molecule has 0 aliphatic rings. The maximum atomic E-state index is 4.49.